The smallest absolute Gasteiger partial charge is 0.162 e. The number of para-hydroxylation sites is 2. The van der Waals surface area contributed by atoms with Gasteiger partial charge in [0.15, 0.2) is 21.6 Å². The van der Waals surface area contributed by atoms with Crippen molar-refractivity contribution in [2.75, 3.05) is 10.9 Å². The number of aryl methyl sites for hydroxylation is 2. The van der Waals surface area contributed by atoms with Crippen LogP contribution < -0.4 is 15.6 Å². The lowest BCUT2D eigenvalue weighted by Crippen LogP contribution is -2.12. The van der Waals surface area contributed by atoms with Crippen molar-refractivity contribution in [2.45, 2.75) is 13.8 Å². The lowest BCUT2D eigenvalue weighted by Gasteiger charge is -2.14. The molecule has 0 amide bonds. The van der Waals surface area contributed by atoms with Crippen LogP contribution in [0.1, 0.15) is 11.1 Å². The summed E-state index contributed by atoms with van der Waals surface area (Å²) in [4.78, 5) is 21.5. The third-order valence-corrected chi connectivity index (χ3v) is 3.10. The van der Waals surface area contributed by atoms with Gasteiger partial charge in [-0.25, -0.2) is 20.2 Å². The van der Waals surface area contributed by atoms with Gasteiger partial charge in [0, 0.05) is 0 Å². The van der Waals surface area contributed by atoms with Crippen molar-refractivity contribution in [3.8, 4) is 11.5 Å². The van der Waals surface area contributed by atoms with Crippen LogP contribution in [0.2, 0.25) is 0 Å². The second kappa shape index (κ2) is 6.60. The van der Waals surface area contributed by atoms with Crippen molar-refractivity contribution in [3.63, 3.8) is 0 Å². The van der Waals surface area contributed by atoms with Gasteiger partial charge in [0.25, 0.3) is 0 Å². The molecule has 9 heteroatoms. The van der Waals surface area contributed by atoms with E-state index < -0.39 is 10.1 Å². The number of benzene rings is 2. The predicted octanol–water partition coefficient (Wildman–Crippen LogP) is 3.30. The summed E-state index contributed by atoms with van der Waals surface area (Å²) in [7, 11) is 0. The number of hydrazine groups is 2. The lowest BCUT2D eigenvalue weighted by atomic mass is 10.1. The van der Waals surface area contributed by atoms with E-state index in [4.69, 9.17) is 4.74 Å². The van der Waals surface area contributed by atoms with Gasteiger partial charge in [-0.05, 0) is 37.1 Å². The Morgan fingerprint density at radius 1 is 0.826 bits per heavy atom. The van der Waals surface area contributed by atoms with Crippen LogP contribution in [0.4, 0.5) is 11.4 Å². The van der Waals surface area contributed by atoms with Gasteiger partial charge in [-0.1, -0.05) is 24.3 Å². The maximum Gasteiger partial charge on any atom is 0.162 e. The molecule has 23 heavy (non-hydrogen) atoms. The van der Waals surface area contributed by atoms with E-state index in [1.165, 1.54) is 12.1 Å². The summed E-state index contributed by atoms with van der Waals surface area (Å²) in [6.45, 7) is 3.37. The Morgan fingerprint density at radius 2 is 1.22 bits per heavy atom. The third-order valence-electron chi connectivity index (χ3n) is 3.10. The minimum atomic E-state index is -0.693. The van der Waals surface area contributed by atoms with E-state index in [0.717, 1.165) is 0 Å². The van der Waals surface area contributed by atoms with Gasteiger partial charge in [0.2, 0.25) is 0 Å². The van der Waals surface area contributed by atoms with Gasteiger partial charge < -0.3 is 4.74 Å². The number of nitrogens with one attached hydrogen (secondary N) is 2. The van der Waals surface area contributed by atoms with E-state index in [-0.39, 0.29) is 22.9 Å². The highest BCUT2D eigenvalue weighted by atomic mass is 16.7. The van der Waals surface area contributed by atoms with Crippen LogP contribution in [0.5, 0.6) is 11.5 Å². The number of anilines is 2. The maximum absolute atomic E-state index is 10.7. The second-order valence-corrected chi connectivity index (χ2v) is 4.74. The zero-order valence-electron chi connectivity index (χ0n) is 12.4. The molecule has 0 spiro atoms. The van der Waals surface area contributed by atoms with Crippen molar-refractivity contribution in [1.82, 2.24) is 0 Å². The van der Waals surface area contributed by atoms with Crippen LogP contribution in [0.3, 0.4) is 0 Å². The molecule has 0 fully saturated rings. The van der Waals surface area contributed by atoms with Crippen molar-refractivity contribution < 1.29 is 14.8 Å². The molecule has 2 N–H and O–H groups in total. The monoisotopic (exact) mass is 318 g/mol. The van der Waals surface area contributed by atoms with Crippen LogP contribution in [0.25, 0.3) is 0 Å². The average Bonchev–Trinajstić information content (AvgIpc) is 2.45. The molecule has 2 aromatic carbocycles. The molecule has 9 nitrogen and oxygen atoms in total. The Hall–Kier alpha value is -3.36. The van der Waals surface area contributed by atoms with Crippen molar-refractivity contribution in [2.24, 2.45) is 0 Å². The molecule has 0 aliphatic rings. The first-order valence-electron chi connectivity index (χ1n) is 6.57. The Morgan fingerprint density at radius 3 is 1.57 bits per heavy atom. The fourth-order valence-electron chi connectivity index (χ4n) is 2.04. The molecule has 0 unspecified atom stereocenters. The van der Waals surface area contributed by atoms with E-state index in [1.54, 1.807) is 38.1 Å². The highest BCUT2D eigenvalue weighted by molar-refractivity contribution is 5.65. The number of rotatable bonds is 6. The zero-order chi connectivity index (χ0) is 17.0. The van der Waals surface area contributed by atoms with Crippen LogP contribution in [-0.2, 0) is 0 Å². The predicted molar refractivity (Wildman–Crippen MR) is 83.7 cm³/mol. The highest BCUT2D eigenvalue weighted by Gasteiger charge is 2.16. The summed E-state index contributed by atoms with van der Waals surface area (Å²) in [6.07, 6.45) is 0. The van der Waals surface area contributed by atoms with Crippen molar-refractivity contribution in [3.05, 3.63) is 67.8 Å². The van der Waals surface area contributed by atoms with E-state index in [9.17, 15) is 20.2 Å². The zero-order valence-corrected chi connectivity index (χ0v) is 12.4. The van der Waals surface area contributed by atoms with Crippen LogP contribution >= 0.6 is 0 Å². The fourth-order valence-corrected chi connectivity index (χ4v) is 2.04. The van der Waals surface area contributed by atoms with Crippen LogP contribution in [0.15, 0.2) is 36.4 Å². The van der Waals surface area contributed by atoms with E-state index in [0.29, 0.717) is 11.1 Å². The lowest BCUT2D eigenvalue weighted by molar-refractivity contribution is -0.445. The number of nitrogens with zero attached hydrogens (tertiary/aromatic N) is 2. The standard InChI is InChI=1S/C14H14N4O5/c1-9-5-3-7-11(13(9)15-17(19)20)23-12-8-4-6-10(2)14(12)16-18(21)22/h3-8,15-16H,1-2H3. The SMILES string of the molecule is Cc1cccc(Oc2cccc(C)c2N[N+](=O)[O-])c1N[N+](=O)[O-]. The molecular weight excluding hydrogens is 304 g/mol. The van der Waals surface area contributed by atoms with Crippen molar-refractivity contribution in [1.29, 1.82) is 0 Å². The summed E-state index contributed by atoms with van der Waals surface area (Å²) in [5.74, 6) is 0.386. The first kappa shape index (κ1) is 16.0. The van der Waals surface area contributed by atoms with E-state index in [1.807, 2.05) is 0 Å². The minimum Gasteiger partial charge on any atom is -0.453 e. The quantitative estimate of drug-likeness (QED) is 0.619. The largest absolute Gasteiger partial charge is 0.453 e. The van der Waals surface area contributed by atoms with Gasteiger partial charge in [-0.3, -0.25) is 0 Å². The molecule has 0 saturated carbocycles. The Balaban J connectivity index is 2.44. The summed E-state index contributed by atoms with van der Waals surface area (Å²) < 4.78 is 5.67. The molecular formula is C14H14N4O5. The molecule has 120 valence electrons. The molecule has 2 rings (SSSR count). The fraction of sp³-hybridized carbons (Fsp3) is 0.143. The number of nitro groups is 2. The Labute approximate surface area is 131 Å². The Kier molecular flexibility index (Phi) is 4.60. The minimum absolute atomic E-state index is 0.186. The number of hydrogen-bond acceptors (Lipinski definition) is 5. The topological polar surface area (TPSA) is 120 Å². The third kappa shape index (κ3) is 3.84. The molecule has 0 aliphatic heterocycles. The summed E-state index contributed by atoms with van der Waals surface area (Å²) >= 11 is 0. The molecule has 0 radical (unpaired) electrons. The Bertz CT molecular complexity index is 699. The van der Waals surface area contributed by atoms with Gasteiger partial charge in [-0.2, -0.15) is 0 Å². The average molecular weight is 318 g/mol. The highest BCUT2D eigenvalue weighted by Crippen LogP contribution is 2.36. The van der Waals surface area contributed by atoms with Crippen LogP contribution in [0, 0.1) is 34.1 Å². The van der Waals surface area contributed by atoms with E-state index in [2.05, 4.69) is 10.9 Å². The molecule has 0 saturated heterocycles. The van der Waals surface area contributed by atoms with Crippen LogP contribution in [-0.4, -0.2) is 10.1 Å². The summed E-state index contributed by atoms with van der Waals surface area (Å²) in [5.41, 5.74) is 5.75. The molecule has 0 atom stereocenters. The van der Waals surface area contributed by atoms with E-state index >= 15 is 0 Å². The molecule has 0 aliphatic carbocycles. The maximum atomic E-state index is 10.7. The molecule has 0 heterocycles. The normalized spacial score (nSPS) is 10.0. The second-order valence-electron chi connectivity index (χ2n) is 4.74. The van der Waals surface area contributed by atoms with Gasteiger partial charge in [-0.15, -0.1) is 10.9 Å². The summed E-state index contributed by atoms with van der Waals surface area (Å²) in [6, 6.07) is 9.79. The van der Waals surface area contributed by atoms with Gasteiger partial charge in [0.05, 0.1) is 0 Å². The number of hydrogen-bond donors (Lipinski definition) is 2. The summed E-state index contributed by atoms with van der Waals surface area (Å²) in [5, 5.41) is 20.1. The van der Waals surface area contributed by atoms with Gasteiger partial charge >= 0.3 is 0 Å². The molecule has 0 aromatic heterocycles. The van der Waals surface area contributed by atoms with Gasteiger partial charge in [0.1, 0.15) is 11.4 Å². The molecule has 0 bridgehead atoms. The first-order chi connectivity index (χ1) is 10.9. The first-order valence-corrected chi connectivity index (χ1v) is 6.57. The number of ether oxygens (including phenoxy) is 1. The van der Waals surface area contributed by atoms with Crippen molar-refractivity contribution >= 4 is 11.4 Å². The molecule has 2 aromatic rings.